The van der Waals surface area contributed by atoms with Crippen molar-refractivity contribution in [3.63, 3.8) is 0 Å². The molecule has 2 N–H and O–H groups in total. The fourth-order valence-electron chi connectivity index (χ4n) is 2.87. The molecule has 28 heavy (non-hydrogen) atoms. The Morgan fingerprint density at radius 1 is 0.964 bits per heavy atom. The van der Waals surface area contributed by atoms with Gasteiger partial charge >= 0.3 is 6.03 Å². The predicted molar refractivity (Wildman–Crippen MR) is 114 cm³/mol. The second-order valence-corrected chi connectivity index (χ2v) is 6.87. The van der Waals surface area contributed by atoms with Crippen molar-refractivity contribution in [2.45, 2.75) is 6.04 Å². The van der Waals surface area contributed by atoms with Gasteiger partial charge in [-0.05, 0) is 43.9 Å². The highest BCUT2D eigenvalue weighted by atomic mass is 16.5. The summed E-state index contributed by atoms with van der Waals surface area (Å²) in [5, 5.41) is 5.77. The molecule has 0 saturated heterocycles. The first-order valence-electron chi connectivity index (χ1n) is 9.06. The summed E-state index contributed by atoms with van der Waals surface area (Å²) in [5.74, 6) is 1.18. The molecular weight excluding hydrogens is 356 g/mol. The molecule has 0 fully saturated rings. The third-order valence-electron chi connectivity index (χ3n) is 4.51. The molecule has 0 aliphatic rings. The molecule has 0 heterocycles. The number of amides is 2. The van der Waals surface area contributed by atoms with Gasteiger partial charge in [-0.3, -0.25) is 0 Å². The van der Waals surface area contributed by atoms with Gasteiger partial charge < -0.3 is 29.9 Å². The van der Waals surface area contributed by atoms with Crippen LogP contribution in [0.2, 0.25) is 0 Å². The van der Waals surface area contributed by atoms with Crippen LogP contribution in [0.15, 0.2) is 42.5 Å². The number of anilines is 2. The molecule has 0 aliphatic carbocycles. The van der Waals surface area contributed by atoms with Crippen molar-refractivity contribution < 1.29 is 14.3 Å². The van der Waals surface area contributed by atoms with Crippen molar-refractivity contribution in [3.05, 3.63) is 48.0 Å². The molecule has 7 heteroatoms. The molecule has 0 radical (unpaired) electrons. The van der Waals surface area contributed by atoms with Crippen LogP contribution in [-0.2, 0) is 0 Å². The largest absolute Gasteiger partial charge is 0.493 e. The molecular formula is C21H30N4O3. The number of nitrogens with one attached hydrogen (secondary N) is 2. The molecule has 0 bridgehead atoms. The molecule has 2 aromatic carbocycles. The maximum Gasteiger partial charge on any atom is 0.319 e. The molecule has 0 spiro atoms. The molecule has 2 aromatic rings. The van der Waals surface area contributed by atoms with Crippen LogP contribution in [-0.4, -0.2) is 59.9 Å². The van der Waals surface area contributed by atoms with Crippen LogP contribution in [0.5, 0.6) is 11.5 Å². The third-order valence-corrected chi connectivity index (χ3v) is 4.51. The SMILES string of the molecule is COc1ccc(NC(=O)NCC(c2ccc(N(C)C)cc2)N(C)C)cc1OC. The van der Waals surface area contributed by atoms with Gasteiger partial charge in [0.15, 0.2) is 11.5 Å². The number of methoxy groups -OCH3 is 2. The van der Waals surface area contributed by atoms with Crippen molar-refractivity contribution in [2.75, 3.05) is 59.2 Å². The number of urea groups is 1. The maximum atomic E-state index is 12.3. The van der Waals surface area contributed by atoms with E-state index in [2.05, 4.69) is 44.7 Å². The Labute approximate surface area is 167 Å². The lowest BCUT2D eigenvalue weighted by molar-refractivity contribution is 0.243. The summed E-state index contributed by atoms with van der Waals surface area (Å²) < 4.78 is 10.5. The first-order valence-corrected chi connectivity index (χ1v) is 9.06. The zero-order valence-electron chi connectivity index (χ0n) is 17.4. The average Bonchev–Trinajstić information content (AvgIpc) is 2.68. The Hall–Kier alpha value is -2.93. The van der Waals surface area contributed by atoms with Crippen molar-refractivity contribution in [1.29, 1.82) is 0 Å². The standard InChI is InChI=1S/C21H30N4O3/c1-24(2)17-10-7-15(8-11-17)18(25(3)4)14-22-21(26)23-16-9-12-19(27-5)20(13-16)28-6/h7-13,18H,14H2,1-6H3,(H2,22,23,26). The fraction of sp³-hybridized carbons (Fsp3) is 0.381. The number of ether oxygens (including phenoxy) is 2. The predicted octanol–water partition coefficient (Wildman–Crippen LogP) is 3.19. The number of carbonyl (C=O) groups is 1. The Morgan fingerprint density at radius 3 is 2.14 bits per heavy atom. The van der Waals surface area contributed by atoms with Gasteiger partial charge in [0.2, 0.25) is 0 Å². The van der Waals surface area contributed by atoms with Gasteiger partial charge in [0.25, 0.3) is 0 Å². The highest BCUT2D eigenvalue weighted by Gasteiger charge is 2.16. The Bertz CT molecular complexity index is 776. The molecule has 7 nitrogen and oxygen atoms in total. The van der Waals surface area contributed by atoms with E-state index in [0.29, 0.717) is 23.7 Å². The smallest absolute Gasteiger partial charge is 0.319 e. The van der Waals surface area contributed by atoms with Crippen molar-refractivity contribution in [3.8, 4) is 11.5 Å². The minimum absolute atomic E-state index is 0.0624. The van der Waals surface area contributed by atoms with Gasteiger partial charge in [-0.15, -0.1) is 0 Å². The minimum atomic E-state index is -0.274. The Balaban J connectivity index is 2.00. The summed E-state index contributed by atoms with van der Waals surface area (Å²) in [6, 6.07) is 13.4. The molecule has 0 saturated carbocycles. The molecule has 152 valence electrons. The second kappa shape index (κ2) is 9.85. The van der Waals surface area contributed by atoms with E-state index in [1.165, 1.54) is 0 Å². The lowest BCUT2D eigenvalue weighted by atomic mass is 10.1. The summed E-state index contributed by atoms with van der Waals surface area (Å²) in [4.78, 5) is 16.5. The van der Waals surface area contributed by atoms with Crippen LogP contribution in [0.1, 0.15) is 11.6 Å². The van der Waals surface area contributed by atoms with Crippen molar-refractivity contribution in [1.82, 2.24) is 10.2 Å². The molecule has 2 rings (SSSR count). The van der Waals surface area contributed by atoms with Gasteiger partial charge in [0.05, 0.1) is 20.3 Å². The summed E-state index contributed by atoms with van der Waals surface area (Å²) >= 11 is 0. The Kier molecular flexibility index (Phi) is 7.52. The Morgan fingerprint density at radius 2 is 1.61 bits per heavy atom. The molecule has 2 amide bonds. The topological polar surface area (TPSA) is 66.1 Å². The van der Waals surface area contributed by atoms with E-state index < -0.39 is 0 Å². The van der Waals surface area contributed by atoms with E-state index in [4.69, 9.17) is 9.47 Å². The monoisotopic (exact) mass is 386 g/mol. The maximum absolute atomic E-state index is 12.3. The minimum Gasteiger partial charge on any atom is -0.493 e. The zero-order valence-corrected chi connectivity index (χ0v) is 17.4. The first kappa shape index (κ1) is 21.4. The third kappa shape index (κ3) is 5.53. The lowest BCUT2D eigenvalue weighted by Crippen LogP contribution is -2.36. The molecule has 1 atom stereocenters. The van der Waals surface area contributed by atoms with Gasteiger partial charge in [-0.2, -0.15) is 0 Å². The summed E-state index contributed by atoms with van der Waals surface area (Å²) in [7, 11) is 11.2. The van der Waals surface area contributed by atoms with Gasteiger partial charge in [0, 0.05) is 38.1 Å². The second-order valence-electron chi connectivity index (χ2n) is 6.87. The highest BCUT2D eigenvalue weighted by Crippen LogP contribution is 2.29. The molecule has 1 unspecified atom stereocenters. The van der Waals surface area contributed by atoms with Crippen LogP contribution >= 0.6 is 0 Å². The average molecular weight is 386 g/mol. The van der Waals surface area contributed by atoms with Gasteiger partial charge in [-0.25, -0.2) is 4.79 Å². The summed E-state index contributed by atoms with van der Waals surface area (Å²) in [6.07, 6.45) is 0. The number of hydrogen-bond donors (Lipinski definition) is 2. The van der Waals surface area contributed by atoms with Crippen LogP contribution in [0, 0.1) is 0 Å². The van der Waals surface area contributed by atoms with Crippen molar-refractivity contribution in [2.24, 2.45) is 0 Å². The molecule has 0 aliphatic heterocycles. The number of hydrogen-bond acceptors (Lipinski definition) is 5. The van der Waals surface area contributed by atoms with Gasteiger partial charge in [0.1, 0.15) is 0 Å². The number of benzene rings is 2. The van der Waals surface area contributed by atoms with Crippen molar-refractivity contribution >= 4 is 17.4 Å². The van der Waals surface area contributed by atoms with E-state index in [9.17, 15) is 4.79 Å². The number of carbonyl (C=O) groups excluding carboxylic acids is 1. The first-order chi connectivity index (χ1) is 13.3. The van der Waals surface area contributed by atoms with Crippen LogP contribution in [0.3, 0.4) is 0 Å². The van der Waals surface area contributed by atoms with E-state index in [1.807, 2.05) is 28.2 Å². The van der Waals surface area contributed by atoms with E-state index in [-0.39, 0.29) is 12.1 Å². The molecule has 0 aromatic heterocycles. The number of nitrogens with zero attached hydrogens (tertiary/aromatic N) is 2. The van der Waals surface area contributed by atoms with E-state index >= 15 is 0 Å². The number of likely N-dealkylation sites (N-methyl/N-ethyl adjacent to an activating group) is 1. The quantitative estimate of drug-likeness (QED) is 0.729. The van der Waals surface area contributed by atoms with Crippen LogP contribution in [0.4, 0.5) is 16.2 Å². The van der Waals surface area contributed by atoms with Crippen LogP contribution < -0.4 is 25.0 Å². The van der Waals surface area contributed by atoms with Crippen LogP contribution in [0.25, 0.3) is 0 Å². The van der Waals surface area contributed by atoms with Gasteiger partial charge in [-0.1, -0.05) is 12.1 Å². The number of rotatable bonds is 8. The van der Waals surface area contributed by atoms with E-state index in [0.717, 1.165) is 11.3 Å². The normalized spacial score (nSPS) is 11.7. The highest BCUT2D eigenvalue weighted by molar-refractivity contribution is 5.89. The van der Waals surface area contributed by atoms with E-state index in [1.54, 1.807) is 32.4 Å². The summed E-state index contributed by atoms with van der Waals surface area (Å²) in [5.41, 5.74) is 2.91. The fourth-order valence-corrected chi connectivity index (χ4v) is 2.87. The summed E-state index contributed by atoms with van der Waals surface area (Å²) in [6.45, 7) is 0.480. The zero-order chi connectivity index (χ0) is 20.7. The lowest BCUT2D eigenvalue weighted by Gasteiger charge is -2.26.